The number of hydrogen-bond acceptors (Lipinski definition) is 2. The molecule has 0 aliphatic heterocycles. The van der Waals surface area contributed by atoms with Gasteiger partial charge in [-0.05, 0) is 5.41 Å². The van der Waals surface area contributed by atoms with Gasteiger partial charge >= 0.3 is 0 Å². The van der Waals surface area contributed by atoms with Crippen LogP contribution in [-0.2, 0) is 6.54 Å². The van der Waals surface area contributed by atoms with E-state index < -0.39 is 0 Å². The van der Waals surface area contributed by atoms with Gasteiger partial charge in [-0.1, -0.05) is 39.3 Å². The summed E-state index contributed by atoms with van der Waals surface area (Å²) in [6.07, 6.45) is 3.53. The molecule has 1 aromatic rings. The summed E-state index contributed by atoms with van der Waals surface area (Å²) in [6, 6.07) is 0.519. The Labute approximate surface area is 96.8 Å². The smallest absolute Gasteiger partial charge is 0.0785 e. The summed E-state index contributed by atoms with van der Waals surface area (Å²) in [5, 5.41) is 8.32. The summed E-state index contributed by atoms with van der Waals surface area (Å²) in [7, 11) is 0. The van der Waals surface area contributed by atoms with Crippen LogP contribution in [0.1, 0.15) is 27.7 Å². The fourth-order valence-corrected chi connectivity index (χ4v) is 1.56. The van der Waals surface area contributed by atoms with Gasteiger partial charge in [0.15, 0.2) is 0 Å². The van der Waals surface area contributed by atoms with E-state index in [-0.39, 0.29) is 5.41 Å². The third kappa shape index (κ3) is 4.67. The van der Waals surface area contributed by atoms with Crippen molar-refractivity contribution in [1.29, 1.82) is 0 Å². The van der Waals surface area contributed by atoms with Gasteiger partial charge in [-0.2, -0.15) is 5.10 Å². The maximum Gasteiger partial charge on any atom is 0.0785 e. The fourth-order valence-electron chi connectivity index (χ4n) is 1.40. The van der Waals surface area contributed by atoms with Gasteiger partial charge in [0.05, 0.1) is 11.2 Å². The normalized spacial score (nSPS) is 12.4. The van der Waals surface area contributed by atoms with E-state index in [1.165, 1.54) is 0 Å². The van der Waals surface area contributed by atoms with Gasteiger partial charge in [-0.3, -0.25) is 4.68 Å². The predicted octanol–water partition coefficient (Wildman–Crippen LogP) is 2.56. The van der Waals surface area contributed by atoms with Crippen molar-refractivity contribution < 1.29 is 0 Å². The highest BCUT2D eigenvalue weighted by Gasteiger charge is 2.19. The van der Waals surface area contributed by atoms with Gasteiger partial charge < -0.3 is 5.32 Å². The molecule has 1 heterocycles. The Morgan fingerprint density at radius 1 is 1.53 bits per heavy atom. The first-order valence-electron chi connectivity index (χ1n) is 5.30. The lowest BCUT2D eigenvalue weighted by atomic mass is 9.93. The van der Waals surface area contributed by atoms with Crippen molar-refractivity contribution in [2.45, 2.75) is 40.3 Å². The van der Waals surface area contributed by atoms with Gasteiger partial charge in [0.1, 0.15) is 0 Å². The molecular formula is C11H20ClN3. The van der Waals surface area contributed by atoms with Crippen molar-refractivity contribution in [3.05, 3.63) is 17.4 Å². The van der Waals surface area contributed by atoms with E-state index >= 15 is 0 Å². The maximum atomic E-state index is 5.82. The summed E-state index contributed by atoms with van der Waals surface area (Å²) < 4.78 is 1.89. The third-order valence-electron chi connectivity index (χ3n) is 2.18. The molecule has 0 amide bonds. The molecule has 15 heavy (non-hydrogen) atoms. The Morgan fingerprint density at radius 3 is 2.67 bits per heavy atom. The summed E-state index contributed by atoms with van der Waals surface area (Å²) in [6.45, 7) is 10.6. The second-order valence-electron chi connectivity index (χ2n) is 5.06. The lowest BCUT2D eigenvalue weighted by molar-refractivity contribution is 0.269. The zero-order valence-corrected chi connectivity index (χ0v) is 10.7. The number of aromatic nitrogens is 2. The molecule has 0 radical (unpaired) electrons. The summed E-state index contributed by atoms with van der Waals surface area (Å²) in [5.74, 6) is 0. The molecule has 1 rings (SSSR count). The van der Waals surface area contributed by atoms with E-state index in [1.807, 2.05) is 10.9 Å². The Kier molecular flexibility index (Phi) is 4.17. The van der Waals surface area contributed by atoms with Crippen molar-refractivity contribution in [2.24, 2.45) is 5.41 Å². The summed E-state index contributed by atoms with van der Waals surface area (Å²) >= 11 is 5.82. The SMILES string of the molecule is CC(C)NCC(C)(C)Cn1cc(Cl)cn1. The third-order valence-corrected chi connectivity index (χ3v) is 2.38. The first-order valence-corrected chi connectivity index (χ1v) is 5.68. The largest absolute Gasteiger partial charge is 0.314 e. The fraction of sp³-hybridized carbons (Fsp3) is 0.727. The lowest BCUT2D eigenvalue weighted by Crippen LogP contribution is -2.36. The van der Waals surface area contributed by atoms with Crippen LogP contribution in [0.4, 0.5) is 0 Å². The van der Waals surface area contributed by atoms with Gasteiger partial charge in [-0.25, -0.2) is 0 Å². The first kappa shape index (κ1) is 12.5. The molecule has 0 spiro atoms. The second kappa shape index (κ2) is 4.99. The van der Waals surface area contributed by atoms with Crippen LogP contribution >= 0.6 is 11.6 Å². The standard InChI is InChI=1S/C11H20ClN3/c1-9(2)13-7-11(3,4)8-15-6-10(12)5-14-15/h5-6,9,13H,7-8H2,1-4H3. The number of nitrogens with zero attached hydrogens (tertiary/aromatic N) is 2. The minimum atomic E-state index is 0.180. The van der Waals surface area contributed by atoms with E-state index in [2.05, 4.69) is 38.1 Å². The van der Waals surface area contributed by atoms with Gasteiger partial charge in [0.2, 0.25) is 0 Å². The molecule has 86 valence electrons. The monoisotopic (exact) mass is 229 g/mol. The zero-order valence-electron chi connectivity index (χ0n) is 9.92. The molecule has 0 aliphatic rings. The summed E-state index contributed by atoms with van der Waals surface area (Å²) in [4.78, 5) is 0. The molecule has 0 aliphatic carbocycles. The van der Waals surface area contributed by atoms with Crippen LogP contribution in [0, 0.1) is 5.41 Å². The average molecular weight is 230 g/mol. The van der Waals surface area contributed by atoms with Crippen molar-refractivity contribution in [2.75, 3.05) is 6.54 Å². The second-order valence-corrected chi connectivity index (χ2v) is 5.49. The molecular weight excluding hydrogens is 210 g/mol. The van der Waals surface area contributed by atoms with Crippen LogP contribution in [-0.4, -0.2) is 22.4 Å². The minimum absolute atomic E-state index is 0.180. The maximum absolute atomic E-state index is 5.82. The molecule has 0 fully saturated rings. The molecule has 1 N–H and O–H groups in total. The molecule has 0 saturated heterocycles. The van der Waals surface area contributed by atoms with Crippen molar-refractivity contribution >= 4 is 11.6 Å². The van der Waals surface area contributed by atoms with Crippen LogP contribution in [0.2, 0.25) is 5.02 Å². The molecule has 3 nitrogen and oxygen atoms in total. The molecule has 1 aromatic heterocycles. The van der Waals surface area contributed by atoms with E-state index in [4.69, 9.17) is 11.6 Å². The number of halogens is 1. The molecule has 0 atom stereocenters. The van der Waals surface area contributed by atoms with Crippen molar-refractivity contribution in [3.63, 3.8) is 0 Å². The Balaban J connectivity index is 2.48. The minimum Gasteiger partial charge on any atom is -0.314 e. The van der Waals surface area contributed by atoms with E-state index in [9.17, 15) is 0 Å². The molecule has 0 bridgehead atoms. The number of rotatable bonds is 5. The van der Waals surface area contributed by atoms with Crippen LogP contribution < -0.4 is 5.32 Å². The van der Waals surface area contributed by atoms with E-state index in [0.717, 1.165) is 13.1 Å². The van der Waals surface area contributed by atoms with Crippen LogP contribution in [0.15, 0.2) is 12.4 Å². The number of hydrogen-bond donors (Lipinski definition) is 1. The van der Waals surface area contributed by atoms with Crippen LogP contribution in [0.3, 0.4) is 0 Å². The Morgan fingerprint density at radius 2 is 2.20 bits per heavy atom. The van der Waals surface area contributed by atoms with Gasteiger partial charge in [0, 0.05) is 25.3 Å². The summed E-state index contributed by atoms with van der Waals surface area (Å²) in [5.41, 5.74) is 0.180. The van der Waals surface area contributed by atoms with Gasteiger partial charge in [-0.15, -0.1) is 0 Å². The first-order chi connectivity index (χ1) is 6.89. The lowest BCUT2D eigenvalue weighted by Gasteiger charge is -2.26. The average Bonchev–Trinajstić information content (AvgIpc) is 2.47. The quantitative estimate of drug-likeness (QED) is 0.841. The van der Waals surface area contributed by atoms with Crippen molar-refractivity contribution in [3.8, 4) is 0 Å². The van der Waals surface area contributed by atoms with Crippen LogP contribution in [0.5, 0.6) is 0 Å². The Hall–Kier alpha value is -0.540. The van der Waals surface area contributed by atoms with Crippen LogP contribution in [0.25, 0.3) is 0 Å². The van der Waals surface area contributed by atoms with E-state index in [0.29, 0.717) is 11.1 Å². The highest BCUT2D eigenvalue weighted by molar-refractivity contribution is 6.30. The predicted molar refractivity (Wildman–Crippen MR) is 64.2 cm³/mol. The molecule has 0 saturated carbocycles. The molecule has 0 aromatic carbocycles. The number of nitrogens with one attached hydrogen (secondary N) is 1. The van der Waals surface area contributed by atoms with Crippen molar-refractivity contribution in [1.82, 2.24) is 15.1 Å². The molecule has 4 heteroatoms. The topological polar surface area (TPSA) is 29.9 Å². The van der Waals surface area contributed by atoms with E-state index in [1.54, 1.807) is 6.20 Å². The van der Waals surface area contributed by atoms with Gasteiger partial charge in [0.25, 0.3) is 0 Å². The highest BCUT2D eigenvalue weighted by Crippen LogP contribution is 2.17. The highest BCUT2D eigenvalue weighted by atomic mass is 35.5. The molecule has 0 unspecified atom stereocenters. The Bertz CT molecular complexity index is 305. The zero-order chi connectivity index (χ0) is 11.5.